The lowest BCUT2D eigenvalue weighted by molar-refractivity contribution is -0.116. The van der Waals surface area contributed by atoms with Crippen LogP contribution < -0.4 is 10.9 Å². The SMILES string of the molecule is CCc1c(C)nc(-c2ccc(F)cc2)n(CC(=O)Nc2c(C)cccc2C)c1=O. The largest absolute Gasteiger partial charge is 0.324 e. The Bertz CT molecular complexity index is 1100. The normalized spacial score (nSPS) is 10.8. The number of carbonyl (C=O) groups excluding carboxylic acids is 1. The highest BCUT2D eigenvalue weighted by Gasteiger charge is 2.18. The van der Waals surface area contributed by atoms with Gasteiger partial charge in [-0.05, 0) is 62.6 Å². The fourth-order valence-corrected chi connectivity index (χ4v) is 3.41. The second kappa shape index (κ2) is 8.39. The summed E-state index contributed by atoms with van der Waals surface area (Å²) in [4.78, 5) is 30.4. The number of aryl methyl sites for hydroxylation is 3. The molecule has 0 spiro atoms. The Labute approximate surface area is 169 Å². The zero-order valence-corrected chi connectivity index (χ0v) is 17.0. The molecule has 0 atom stereocenters. The number of amides is 1. The van der Waals surface area contributed by atoms with Crippen molar-refractivity contribution < 1.29 is 9.18 Å². The fourth-order valence-electron chi connectivity index (χ4n) is 3.41. The van der Waals surface area contributed by atoms with Gasteiger partial charge in [-0.15, -0.1) is 0 Å². The number of anilines is 1. The standard InChI is InChI=1S/C23H24FN3O2/c1-5-19-16(4)25-22(17-9-11-18(24)12-10-17)27(23(19)29)13-20(28)26-21-14(2)7-6-8-15(21)3/h6-12H,5,13H2,1-4H3,(H,26,28). The number of aromatic nitrogens is 2. The summed E-state index contributed by atoms with van der Waals surface area (Å²) in [6, 6.07) is 11.5. The number of hydrogen-bond donors (Lipinski definition) is 1. The molecule has 0 aliphatic heterocycles. The van der Waals surface area contributed by atoms with Crippen molar-refractivity contribution in [2.75, 3.05) is 5.32 Å². The molecule has 5 nitrogen and oxygen atoms in total. The van der Waals surface area contributed by atoms with E-state index in [1.165, 1.54) is 16.7 Å². The van der Waals surface area contributed by atoms with Crippen LogP contribution in [0, 0.1) is 26.6 Å². The number of hydrogen-bond acceptors (Lipinski definition) is 3. The molecule has 3 rings (SSSR count). The van der Waals surface area contributed by atoms with Gasteiger partial charge in [0.15, 0.2) is 0 Å². The number of rotatable bonds is 5. The van der Waals surface area contributed by atoms with Crippen LogP contribution in [0.3, 0.4) is 0 Å². The lowest BCUT2D eigenvalue weighted by Crippen LogP contribution is -2.32. The van der Waals surface area contributed by atoms with E-state index in [4.69, 9.17) is 0 Å². The molecule has 1 heterocycles. The lowest BCUT2D eigenvalue weighted by atomic mass is 10.1. The van der Waals surface area contributed by atoms with E-state index in [9.17, 15) is 14.0 Å². The molecular formula is C23H24FN3O2. The van der Waals surface area contributed by atoms with Crippen molar-refractivity contribution in [2.24, 2.45) is 0 Å². The first-order valence-electron chi connectivity index (χ1n) is 9.54. The van der Waals surface area contributed by atoms with Crippen LogP contribution in [0.2, 0.25) is 0 Å². The molecule has 0 aliphatic rings. The van der Waals surface area contributed by atoms with E-state index in [-0.39, 0.29) is 23.8 Å². The first kappa shape index (κ1) is 20.5. The molecule has 0 saturated carbocycles. The molecule has 0 radical (unpaired) electrons. The van der Waals surface area contributed by atoms with Gasteiger partial charge in [-0.25, -0.2) is 9.37 Å². The Balaban J connectivity index is 2.04. The van der Waals surface area contributed by atoms with Crippen molar-refractivity contribution in [3.63, 3.8) is 0 Å². The van der Waals surface area contributed by atoms with Crippen molar-refractivity contribution >= 4 is 11.6 Å². The van der Waals surface area contributed by atoms with Gasteiger partial charge >= 0.3 is 0 Å². The minimum Gasteiger partial charge on any atom is -0.324 e. The van der Waals surface area contributed by atoms with Crippen molar-refractivity contribution in [3.05, 3.63) is 81.0 Å². The summed E-state index contributed by atoms with van der Waals surface area (Å²) in [5.41, 5.74) is 4.13. The number of para-hydroxylation sites is 1. The van der Waals surface area contributed by atoms with E-state index >= 15 is 0 Å². The van der Waals surface area contributed by atoms with E-state index < -0.39 is 0 Å². The van der Waals surface area contributed by atoms with Crippen molar-refractivity contribution in [1.29, 1.82) is 0 Å². The van der Waals surface area contributed by atoms with Crippen LogP contribution >= 0.6 is 0 Å². The quantitative estimate of drug-likeness (QED) is 0.707. The summed E-state index contributed by atoms with van der Waals surface area (Å²) in [6.07, 6.45) is 0.514. The average molecular weight is 393 g/mol. The van der Waals surface area contributed by atoms with Crippen LogP contribution in [0.15, 0.2) is 47.3 Å². The highest BCUT2D eigenvalue weighted by atomic mass is 19.1. The van der Waals surface area contributed by atoms with Crippen LogP contribution in [-0.4, -0.2) is 15.5 Å². The first-order chi connectivity index (χ1) is 13.8. The topological polar surface area (TPSA) is 64.0 Å². The van der Waals surface area contributed by atoms with Gasteiger partial charge in [0.2, 0.25) is 5.91 Å². The number of carbonyl (C=O) groups is 1. The molecule has 0 bridgehead atoms. The Hall–Kier alpha value is -3.28. The Morgan fingerprint density at radius 2 is 1.69 bits per heavy atom. The molecule has 150 valence electrons. The van der Waals surface area contributed by atoms with Crippen molar-refractivity contribution in [1.82, 2.24) is 9.55 Å². The molecule has 0 unspecified atom stereocenters. The fraction of sp³-hybridized carbons (Fsp3) is 0.261. The summed E-state index contributed by atoms with van der Waals surface area (Å²) in [7, 11) is 0. The molecule has 6 heteroatoms. The van der Waals surface area contributed by atoms with Crippen LogP contribution in [0.1, 0.15) is 29.3 Å². The molecule has 2 aromatic carbocycles. The minimum atomic E-state index is -0.377. The van der Waals surface area contributed by atoms with Gasteiger partial charge < -0.3 is 5.32 Å². The van der Waals surface area contributed by atoms with E-state index in [0.29, 0.717) is 29.1 Å². The van der Waals surface area contributed by atoms with Crippen LogP contribution in [-0.2, 0) is 17.8 Å². The zero-order chi connectivity index (χ0) is 21.1. The summed E-state index contributed by atoms with van der Waals surface area (Å²) >= 11 is 0. The first-order valence-corrected chi connectivity index (χ1v) is 9.54. The second-order valence-corrected chi connectivity index (χ2v) is 7.07. The van der Waals surface area contributed by atoms with Crippen LogP contribution in [0.25, 0.3) is 11.4 Å². The molecule has 3 aromatic rings. The van der Waals surface area contributed by atoms with Gasteiger partial charge in [-0.1, -0.05) is 25.1 Å². The van der Waals surface area contributed by atoms with Gasteiger partial charge in [-0.3, -0.25) is 14.2 Å². The highest BCUT2D eigenvalue weighted by Crippen LogP contribution is 2.21. The average Bonchev–Trinajstić information content (AvgIpc) is 2.68. The molecule has 1 N–H and O–H groups in total. The highest BCUT2D eigenvalue weighted by molar-refractivity contribution is 5.92. The maximum absolute atomic E-state index is 13.4. The summed E-state index contributed by atoms with van der Waals surface area (Å²) in [6.45, 7) is 7.31. The van der Waals surface area contributed by atoms with Crippen molar-refractivity contribution in [3.8, 4) is 11.4 Å². The smallest absolute Gasteiger partial charge is 0.257 e. The number of halogens is 1. The third-order valence-electron chi connectivity index (χ3n) is 4.97. The monoisotopic (exact) mass is 393 g/mol. The third kappa shape index (κ3) is 4.26. The van der Waals surface area contributed by atoms with Gasteiger partial charge in [0, 0.05) is 22.5 Å². The molecule has 0 saturated heterocycles. The van der Waals surface area contributed by atoms with E-state index in [1.54, 1.807) is 19.1 Å². The van der Waals surface area contributed by atoms with Crippen molar-refractivity contribution in [2.45, 2.75) is 40.7 Å². The molecule has 1 aromatic heterocycles. The summed E-state index contributed by atoms with van der Waals surface area (Å²) < 4.78 is 14.7. The Morgan fingerprint density at radius 1 is 1.07 bits per heavy atom. The van der Waals surface area contributed by atoms with Gasteiger partial charge in [0.05, 0.1) is 0 Å². The zero-order valence-electron chi connectivity index (χ0n) is 17.0. The van der Waals surface area contributed by atoms with E-state index in [0.717, 1.165) is 16.8 Å². The predicted molar refractivity (Wildman–Crippen MR) is 113 cm³/mol. The maximum Gasteiger partial charge on any atom is 0.257 e. The van der Waals surface area contributed by atoms with Gasteiger partial charge in [0.1, 0.15) is 18.2 Å². The van der Waals surface area contributed by atoms with Gasteiger partial charge in [0.25, 0.3) is 5.56 Å². The van der Waals surface area contributed by atoms with Gasteiger partial charge in [-0.2, -0.15) is 0 Å². The molecule has 1 amide bonds. The predicted octanol–water partition coefficient (Wildman–Crippen LogP) is 4.18. The molecular weight excluding hydrogens is 369 g/mol. The lowest BCUT2D eigenvalue weighted by Gasteiger charge is -2.17. The van der Waals surface area contributed by atoms with E-state index in [1.807, 2.05) is 39.0 Å². The summed E-state index contributed by atoms with van der Waals surface area (Å²) in [5.74, 6) is -0.348. The van der Waals surface area contributed by atoms with Crippen LogP contribution in [0.5, 0.6) is 0 Å². The third-order valence-corrected chi connectivity index (χ3v) is 4.97. The maximum atomic E-state index is 13.4. The molecule has 0 aliphatic carbocycles. The second-order valence-electron chi connectivity index (χ2n) is 7.07. The Morgan fingerprint density at radius 3 is 2.28 bits per heavy atom. The number of nitrogens with zero attached hydrogens (tertiary/aromatic N) is 2. The number of benzene rings is 2. The van der Waals surface area contributed by atoms with E-state index in [2.05, 4.69) is 10.3 Å². The Kier molecular flexibility index (Phi) is 5.92. The molecule has 0 fully saturated rings. The number of nitrogens with one attached hydrogen (secondary N) is 1. The molecule has 29 heavy (non-hydrogen) atoms. The summed E-state index contributed by atoms with van der Waals surface area (Å²) in [5, 5.41) is 2.91. The van der Waals surface area contributed by atoms with Crippen LogP contribution in [0.4, 0.5) is 10.1 Å². The minimum absolute atomic E-state index is 0.181.